The quantitative estimate of drug-likeness (QED) is 0.674. The summed E-state index contributed by atoms with van der Waals surface area (Å²) >= 11 is 0. The highest BCUT2D eigenvalue weighted by atomic mass is 16.3. The van der Waals surface area contributed by atoms with Gasteiger partial charge in [-0.3, -0.25) is 23.4 Å². The van der Waals surface area contributed by atoms with Crippen LogP contribution in [0.25, 0.3) is 0 Å². The summed E-state index contributed by atoms with van der Waals surface area (Å²) in [4.78, 5) is 38.4. The topological polar surface area (TPSA) is 123 Å². The van der Waals surface area contributed by atoms with Crippen molar-refractivity contribution in [3.63, 3.8) is 0 Å². The minimum Gasteiger partial charge on any atom is -0.393 e. The Morgan fingerprint density at radius 1 is 1.23 bits per heavy atom. The lowest BCUT2D eigenvalue weighted by Gasteiger charge is -2.21. The van der Waals surface area contributed by atoms with Crippen molar-refractivity contribution in [2.24, 2.45) is 14.1 Å². The van der Waals surface area contributed by atoms with E-state index in [9.17, 15) is 19.5 Å². The Kier molecular flexibility index (Phi) is 4.79. The largest absolute Gasteiger partial charge is 0.393 e. The lowest BCUT2D eigenvalue weighted by atomic mass is 10.2. The molecule has 0 radical (unpaired) electrons. The predicted molar refractivity (Wildman–Crippen MR) is 90.6 cm³/mol. The number of amides is 1. The van der Waals surface area contributed by atoms with E-state index in [-0.39, 0.29) is 12.2 Å². The van der Waals surface area contributed by atoms with E-state index in [1.54, 1.807) is 15.6 Å². The van der Waals surface area contributed by atoms with Gasteiger partial charge in [0.25, 0.3) is 11.5 Å². The number of rotatable bonds is 3. The van der Waals surface area contributed by atoms with E-state index in [0.29, 0.717) is 30.9 Å². The number of aryl methyl sites for hydroxylation is 1. The van der Waals surface area contributed by atoms with Crippen molar-refractivity contribution in [2.75, 3.05) is 13.2 Å². The molecule has 2 aromatic rings. The Balaban J connectivity index is 1.93. The summed E-state index contributed by atoms with van der Waals surface area (Å²) in [7, 11) is 2.81. The molecule has 2 N–H and O–H groups in total. The van der Waals surface area contributed by atoms with Gasteiger partial charge in [-0.1, -0.05) is 0 Å². The fourth-order valence-corrected chi connectivity index (χ4v) is 3.01. The minimum absolute atomic E-state index is 0.0293. The summed E-state index contributed by atoms with van der Waals surface area (Å²) in [5.41, 5.74) is -0.00891. The molecule has 0 aliphatic carbocycles. The van der Waals surface area contributed by atoms with Crippen LogP contribution in [0.5, 0.6) is 0 Å². The molecule has 0 spiro atoms. The number of fused-ring (bicyclic) bond motifs is 1. The number of nitrogens with zero attached hydrogens (tertiary/aromatic N) is 5. The monoisotopic (exact) mass is 363 g/mol. The Morgan fingerprint density at radius 2 is 1.96 bits per heavy atom. The van der Waals surface area contributed by atoms with E-state index in [4.69, 9.17) is 5.11 Å². The SMILES string of the molecule is Cn1c(C(=O)N2CCCn3nc([C@@H](O)CO)cc3C2)cc(=O)n(C)c1=O. The zero-order valence-electron chi connectivity index (χ0n) is 14.6. The van der Waals surface area contributed by atoms with Gasteiger partial charge in [0.05, 0.1) is 24.5 Å². The molecule has 0 fully saturated rings. The van der Waals surface area contributed by atoms with Gasteiger partial charge >= 0.3 is 5.69 Å². The van der Waals surface area contributed by atoms with Crippen LogP contribution in [0.2, 0.25) is 0 Å². The standard InChI is InChI=1S/C16H21N5O5/c1-18-12(7-14(24)19(2)16(18)26)15(25)20-4-3-5-21-10(8-20)6-11(17-21)13(23)9-22/h6-7,13,22-23H,3-5,8-9H2,1-2H3/t13-/m0/s1. The summed E-state index contributed by atoms with van der Waals surface area (Å²) < 4.78 is 3.80. The molecule has 0 saturated carbocycles. The zero-order chi connectivity index (χ0) is 19.0. The molecule has 0 bridgehead atoms. The highest BCUT2D eigenvalue weighted by molar-refractivity contribution is 5.92. The van der Waals surface area contributed by atoms with Gasteiger partial charge in [-0.2, -0.15) is 5.10 Å². The van der Waals surface area contributed by atoms with E-state index >= 15 is 0 Å². The van der Waals surface area contributed by atoms with Crippen LogP contribution in [0.1, 0.15) is 34.4 Å². The fourth-order valence-electron chi connectivity index (χ4n) is 3.01. The lowest BCUT2D eigenvalue weighted by molar-refractivity contribution is 0.0733. The first-order chi connectivity index (χ1) is 12.3. The lowest BCUT2D eigenvalue weighted by Crippen LogP contribution is -2.42. The van der Waals surface area contributed by atoms with Crippen LogP contribution in [0, 0.1) is 0 Å². The maximum Gasteiger partial charge on any atom is 0.331 e. The second-order valence-corrected chi connectivity index (χ2v) is 6.33. The van der Waals surface area contributed by atoms with Crippen molar-refractivity contribution in [3.05, 3.63) is 50.1 Å². The average Bonchev–Trinajstić information content (AvgIpc) is 2.93. The Hall–Kier alpha value is -2.72. The first-order valence-corrected chi connectivity index (χ1v) is 8.25. The molecule has 1 atom stereocenters. The van der Waals surface area contributed by atoms with Crippen LogP contribution in [0.15, 0.2) is 21.7 Å². The van der Waals surface area contributed by atoms with Crippen molar-refractivity contribution in [2.45, 2.75) is 25.6 Å². The number of hydrogen-bond acceptors (Lipinski definition) is 6. The molecule has 10 heteroatoms. The molecule has 1 aliphatic rings. The van der Waals surface area contributed by atoms with E-state index < -0.39 is 29.9 Å². The predicted octanol–water partition coefficient (Wildman–Crippen LogP) is -1.65. The summed E-state index contributed by atoms with van der Waals surface area (Å²) in [5, 5.41) is 23.1. The highest BCUT2D eigenvalue weighted by Crippen LogP contribution is 2.19. The second kappa shape index (κ2) is 6.89. The zero-order valence-corrected chi connectivity index (χ0v) is 14.6. The second-order valence-electron chi connectivity index (χ2n) is 6.33. The Labute approximate surface area is 148 Å². The van der Waals surface area contributed by atoms with Crippen LogP contribution in [-0.4, -0.2) is 53.1 Å². The third kappa shape index (κ3) is 3.08. The summed E-state index contributed by atoms with van der Waals surface area (Å²) in [6.45, 7) is 0.804. The molecule has 3 rings (SSSR count). The van der Waals surface area contributed by atoms with Crippen LogP contribution in [-0.2, 0) is 27.2 Å². The molecule has 0 aromatic carbocycles. The van der Waals surface area contributed by atoms with Crippen LogP contribution < -0.4 is 11.2 Å². The van der Waals surface area contributed by atoms with E-state index in [2.05, 4.69) is 5.10 Å². The van der Waals surface area contributed by atoms with Crippen molar-refractivity contribution < 1.29 is 15.0 Å². The van der Waals surface area contributed by atoms with Crippen LogP contribution in [0.4, 0.5) is 0 Å². The van der Waals surface area contributed by atoms with Crippen molar-refractivity contribution in [1.82, 2.24) is 23.8 Å². The van der Waals surface area contributed by atoms with Gasteiger partial charge in [0.15, 0.2) is 0 Å². The summed E-state index contributed by atoms with van der Waals surface area (Å²) in [6, 6.07) is 2.81. The van der Waals surface area contributed by atoms with E-state index in [1.807, 2.05) is 0 Å². The van der Waals surface area contributed by atoms with E-state index in [0.717, 1.165) is 15.2 Å². The number of aromatic nitrogens is 4. The van der Waals surface area contributed by atoms with Gasteiger partial charge in [-0.15, -0.1) is 0 Å². The molecule has 10 nitrogen and oxygen atoms in total. The molecule has 2 aromatic heterocycles. The normalized spacial score (nSPS) is 15.5. The van der Waals surface area contributed by atoms with Gasteiger partial charge in [0, 0.05) is 33.3 Å². The van der Waals surface area contributed by atoms with Crippen LogP contribution >= 0.6 is 0 Å². The molecule has 26 heavy (non-hydrogen) atoms. The molecule has 3 heterocycles. The highest BCUT2D eigenvalue weighted by Gasteiger charge is 2.25. The number of aliphatic hydroxyl groups is 2. The molecular formula is C16H21N5O5. The van der Waals surface area contributed by atoms with Crippen molar-refractivity contribution >= 4 is 5.91 Å². The van der Waals surface area contributed by atoms with E-state index in [1.165, 1.54) is 14.1 Å². The molecular weight excluding hydrogens is 342 g/mol. The third-order valence-corrected chi connectivity index (χ3v) is 4.58. The first kappa shape index (κ1) is 18.1. The molecule has 0 saturated heterocycles. The van der Waals surface area contributed by atoms with Gasteiger partial charge in [-0.05, 0) is 12.5 Å². The molecule has 1 aliphatic heterocycles. The number of hydrogen-bond donors (Lipinski definition) is 2. The maximum atomic E-state index is 12.9. The molecule has 0 unspecified atom stereocenters. The van der Waals surface area contributed by atoms with Crippen LogP contribution in [0.3, 0.4) is 0 Å². The van der Waals surface area contributed by atoms with Gasteiger partial charge in [-0.25, -0.2) is 4.79 Å². The third-order valence-electron chi connectivity index (χ3n) is 4.58. The Bertz CT molecular complexity index is 957. The average molecular weight is 363 g/mol. The van der Waals surface area contributed by atoms with Gasteiger partial charge in [0.1, 0.15) is 11.8 Å². The first-order valence-electron chi connectivity index (χ1n) is 8.25. The molecule has 140 valence electrons. The summed E-state index contributed by atoms with van der Waals surface area (Å²) in [6.07, 6.45) is -0.440. The minimum atomic E-state index is -1.07. The fraction of sp³-hybridized carbons (Fsp3) is 0.500. The molecule has 1 amide bonds. The number of carbonyl (C=O) groups excluding carboxylic acids is 1. The van der Waals surface area contributed by atoms with Crippen molar-refractivity contribution in [1.29, 1.82) is 0 Å². The van der Waals surface area contributed by atoms with Gasteiger partial charge < -0.3 is 15.1 Å². The Morgan fingerprint density at radius 3 is 2.65 bits per heavy atom. The maximum absolute atomic E-state index is 12.9. The number of aliphatic hydroxyl groups excluding tert-OH is 2. The summed E-state index contributed by atoms with van der Waals surface area (Å²) in [5.74, 6) is -0.416. The number of carbonyl (C=O) groups is 1. The van der Waals surface area contributed by atoms with Gasteiger partial charge in [0.2, 0.25) is 0 Å². The smallest absolute Gasteiger partial charge is 0.331 e. The van der Waals surface area contributed by atoms with Crippen molar-refractivity contribution in [3.8, 4) is 0 Å².